The number of anilines is 1. The zero-order chi connectivity index (χ0) is 12.6. The second-order valence-corrected chi connectivity index (χ2v) is 3.89. The normalized spacial score (nSPS) is 25.1. The molecule has 94 valence electrons. The van der Waals surface area contributed by atoms with Gasteiger partial charge in [-0.1, -0.05) is 0 Å². The van der Waals surface area contributed by atoms with Crippen LogP contribution in [0, 0.1) is 0 Å². The lowest BCUT2D eigenvalue weighted by Gasteiger charge is -2.22. The summed E-state index contributed by atoms with van der Waals surface area (Å²) in [4.78, 5) is 15.0. The summed E-state index contributed by atoms with van der Waals surface area (Å²) in [5.41, 5.74) is 4.75. The van der Waals surface area contributed by atoms with Gasteiger partial charge in [0.1, 0.15) is 18.1 Å². The average molecular weight is 243 g/mol. The third-order valence-electron chi connectivity index (χ3n) is 2.59. The van der Waals surface area contributed by atoms with Gasteiger partial charge >= 0.3 is 11.7 Å². The van der Waals surface area contributed by atoms with Crippen LogP contribution >= 0.6 is 0 Å². The van der Waals surface area contributed by atoms with Crippen molar-refractivity contribution in [2.75, 3.05) is 5.73 Å². The van der Waals surface area contributed by atoms with Crippen molar-refractivity contribution < 1.29 is 20.1 Å². The minimum atomic E-state index is -2.90. The first-order valence-electron chi connectivity index (χ1n) is 5.05. The van der Waals surface area contributed by atoms with Gasteiger partial charge in [0.05, 0.1) is 0 Å². The van der Waals surface area contributed by atoms with Crippen molar-refractivity contribution in [3.8, 4) is 0 Å². The van der Waals surface area contributed by atoms with Gasteiger partial charge < -0.3 is 25.8 Å². The summed E-state index contributed by atoms with van der Waals surface area (Å²) >= 11 is 0. The molecular weight excluding hydrogens is 230 g/mol. The Morgan fingerprint density at radius 3 is 2.71 bits per heavy atom. The third kappa shape index (κ3) is 2.44. The molecule has 8 heteroatoms. The van der Waals surface area contributed by atoms with Crippen LogP contribution in [0.4, 0.5) is 5.82 Å². The Bertz CT molecular complexity index is 466. The standard InChI is InChI=1S/C9H13N3O5/c10-6-3-4-12(8(13)11-6)7-2-1-5(17-7)9(14,15)16/h3-5,7,14-16H,1-2H2,(H2,10,11,13). The molecule has 2 heterocycles. The molecule has 17 heavy (non-hydrogen) atoms. The minimum absolute atomic E-state index is 0.0987. The SMILES string of the molecule is Nc1ccn(C2CCC(C(O)(O)O)O2)c(=O)n1. The molecule has 0 radical (unpaired) electrons. The molecule has 0 aromatic carbocycles. The Morgan fingerprint density at radius 1 is 1.47 bits per heavy atom. The van der Waals surface area contributed by atoms with Crippen LogP contribution in [-0.2, 0) is 4.74 Å². The molecule has 2 atom stereocenters. The fraction of sp³-hybridized carbons (Fsp3) is 0.556. The number of ether oxygens (including phenoxy) is 1. The summed E-state index contributed by atoms with van der Waals surface area (Å²) < 4.78 is 6.35. The molecule has 5 N–H and O–H groups in total. The van der Waals surface area contributed by atoms with E-state index in [0.29, 0.717) is 6.42 Å². The lowest BCUT2D eigenvalue weighted by atomic mass is 10.2. The van der Waals surface area contributed by atoms with Crippen molar-refractivity contribution in [1.29, 1.82) is 0 Å². The predicted octanol–water partition coefficient (Wildman–Crippen LogP) is -1.87. The summed E-state index contributed by atoms with van der Waals surface area (Å²) in [6, 6.07) is 1.43. The second kappa shape index (κ2) is 4.08. The Morgan fingerprint density at radius 2 is 2.18 bits per heavy atom. The third-order valence-corrected chi connectivity index (χ3v) is 2.59. The van der Waals surface area contributed by atoms with E-state index in [-0.39, 0.29) is 12.2 Å². The van der Waals surface area contributed by atoms with Gasteiger partial charge in [0.25, 0.3) is 0 Å². The van der Waals surface area contributed by atoms with Crippen molar-refractivity contribution in [2.24, 2.45) is 0 Å². The first-order chi connectivity index (χ1) is 7.88. The van der Waals surface area contributed by atoms with Gasteiger partial charge in [-0.05, 0) is 18.9 Å². The highest BCUT2D eigenvalue weighted by Crippen LogP contribution is 2.31. The number of aliphatic hydroxyl groups is 3. The zero-order valence-electron chi connectivity index (χ0n) is 8.85. The number of hydrogen-bond donors (Lipinski definition) is 4. The molecular formula is C9H13N3O5. The summed E-state index contributed by atoms with van der Waals surface area (Å²) in [5.74, 6) is -2.80. The highest BCUT2D eigenvalue weighted by Gasteiger charge is 2.40. The van der Waals surface area contributed by atoms with E-state index in [2.05, 4.69) is 4.98 Å². The lowest BCUT2D eigenvalue weighted by Crippen LogP contribution is -2.42. The topological polar surface area (TPSA) is 131 Å². The summed E-state index contributed by atoms with van der Waals surface area (Å²) in [5, 5.41) is 26.9. The van der Waals surface area contributed by atoms with E-state index in [1.165, 1.54) is 16.8 Å². The first kappa shape index (κ1) is 12.0. The Balaban J connectivity index is 2.18. The molecule has 2 rings (SSSR count). The van der Waals surface area contributed by atoms with E-state index < -0.39 is 24.0 Å². The Labute approximate surface area is 95.9 Å². The summed E-state index contributed by atoms with van der Waals surface area (Å²) in [6.45, 7) is 0. The quantitative estimate of drug-likeness (QED) is 0.448. The number of aromatic nitrogens is 2. The number of nitrogens with two attached hydrogens (primary N) is 1. The largest absolute Gasteiger partial charge is 0.383 e. The Hall–Kier alpha value is -1.48. The molecule has 0 amide bonds. The van der Waals surface area contributed by atoms with Crippen molar-refractivity contribution in [3.63, 3.8) is 0 Å². The number of hydrogen-bond acceptors (Lipinski definition) is 7. The predicted molar refractivity (Wildman–Crippen MR) is 55.4 cm³/mol. The van der Waals surface area contributed by atoms with Crippen LogP contribution in [0.2, 0.25) is 0 Å². The van der Waals surface area contributed by atoms with Crippen LogP contribution in [0.15, 0.2) is 17.1 Å². The van der Waals surface area contributed by atoms with Crippen molar-refractivity contribution in [1.82, 2.24) is 9.55 Å². The van der Waals surface area contributed by atoms with Gasteiger partial charge in [-0.3, -0.25) is 4.57 Å². The molecule has 1 saturated heterocycles. The monoisotopic (exact) mass is 243 g/mol. The first-order valence-corrected chi connectivity index (χ1v) is 5.05. The molecule has 2 unspecified atom stereocenters. The molecule has 0 spiro atoms. The number of nitrogens with zero attached hydrogens (tertiary/aromatic N) is 2. The lowest BCUT2D eigenvalue weighted by molar-refractivity contribution is -0.360. The smallest absolute Gasteiger partial charge is 0.351 e. The fourth-order valence-electron chi connectivity index (χ4n) is 1.75. The van der Waals surface area contributed by atoms with E-state index in [1.807, 2.05) is 0 Å². The average Bonchev–Trinajstić information content (AvgIpc) is 2.65. The van der Waals surface area contributed by atoms with Gasteiger partial charge in [0.2, 0.25) is 0 Å². The maximum atomic E-state index is 11.5. The molecule has 1 aromatic rings. The van der Waals surface area contributed by atoms with Crippen LogP contribution < -0.4 is 11.4 Å². The molecule has 1 aromatic heterocycles. The summed E-state index contributed by atoms with van der Waals surface area (Å²) in [6.07, 6.45) is 0.138. The Kier molecular flexibility index (Phi) is 2.87. The van der Waals surface area contributed by atoms with Crippen molar-refractivity contribution >= 4 is 5.82 Å². The van der Waals surface area contributed by atoms with Crippen LogP contribution in [-0.4, -0.2) is 36.9 Å². The molecule has 1 aliphatic heterocycles. The number of nitrogen functional groups attached to an aromatic ring is 1. The highest BCUT2D eigenvalue weighted by molar-refractivity contribution is 5.23. The van der Waals surface area contributed by atoms with Crippen LogP contribution in [0.3, 0.4) is 0 Å². The van der Waals surface area contributed by atoms with Gasteiger partial charge in [-0.15, -0.1) is 0 Å². The van der Waals surface area contributed by atoms with E-state index >= 15 is 0 Å². The fourth-order valence-corrected chi connectivity index (χ4v) is 1.75. The molecule has 0 bridgehead atoms. The maximum Gasteiger partial charge on any atom is 0.351 e. The zero-order valence-corrected chi connectivity index (χ0v) is 8.85. The van der Waals surface area contributed by atoms with Crippen LogP contribution in [0.1, 0.15) is 19.1 Å². The van der Waals surface area contributed by atoms with Crippen LogP contribution in [0.5, 0.6) is 0 Å². The highest BCUT2D eigenvalue weighted by atomic mass is 16.7. The van der Waals surface area contributed by atoms with Gasteiger partial charge in [0, 0.05) is 6.20 Å². The van der Waals surface area contributed by atoms with E-state index in [1.54, 1.807) is 0 Å². The van der Waals surface area contributed by atoms with Crippen molar-refractivity contribution in [3.05, 3.63) is 22.7 Å². The molecule has 1 fully saturated rings. The summed E-state index contributed by atoms with van der Waals surface area (Å²) in [7, 11) is 0. The van der Waals surface area contributed by atoms with Crippen molar-refractivity contribution in [2.45, 2.75) is 31.1 Å². The maximum absolute atomic E-state index is 11.5. The minimum Gasteiger partial charge on any atom is -0.383 e. The van der Waals surface area contributed by atoms with Gasteiger partial charge in [-0.2, -0.15) is 4.98 Å². The van der Waals surface area contributed by atoms with Gasteiger partial charge in [-0.25, -0.2) is 4.79 Å². The van der Waals surface area contributed by atoms with E-state index in [0.717, 1.165) is 0 Å². The molecule has 0 saturated carbocycles. The van der Waals surface area contributed by atoms with Crippen LogP contribution in [0.25, 0.3) is 0 Å². The van der Waals surface area contributed by atoms with E-state index in [9.17, 15) is 4.79 Å². The number of rotatable bonds is 2. The molecule has 8 nitrogen and oxygen atoms in total. The van der Waals surface area contributed by atoms with E-state index in [4.69, 9.17) is 25.8 Å². The molecule has 0 aliphatic carbocycles. The molecule has 1 aliphatic rings. The second-order valence-electron chi connectivity index (χ2n) is 3.89. The van der Waals surface area contributed by atoms with Gasteiger partial charge in [0.15, 0.2) is 0 Å².